The molecule has 0 unspecified atom stereocenters. The maximum absolute atomic E-state index is 5.65. The Balaban J connectivity index is 1.21. The molecule has 0 amide bonds. The molecule has 8 heteroatoms. The second kappa shape index (κ2) is 11.7. The third-order valence-electron chi connectivity index (χ3n) is 6.35. The number of morpholine rings is 1. The first kappa shape index (κ1) is 26.4. The van der Waals surface area contributed by atoms with Gasteiger partial charge in [0, 0.05) is 47.5 Å². The maximum atomic E-state index is 5.65. The summed E-state index contributed by atoms with van der Waals surface area (Å²) in [6, 6.07) is 23.4. The van der Waals surface area contributed by atoms with Gasteiger partial charge in [0.2, 0.25) is 0 Å². The van der Waals surface area contributed by atoms with E-state index in [2.05, 4.69) is 75.8 Å². The van der Waals surface area contributed by atoms with E-state index in [9.17, 15) is 0 Å². The van der Waals surface area contributed by atoms with Gasteiger partial charge in [0.15, 0.2) is 0 Å². The molecule has 1 aliphatic rings. The van der Waals surface area contributed by atoms with Gasteiger partial charge in [0.1, 0.15) is 24.2 Å². The van der Waals surface area contributed by atoms with Crippen molar-refractivity contribution in [1.82, 2.24) is 4.98 Å². The van der Waals surface area contributed by atoms with E-state index in [1.54, 1.807) is 11.3 Å². The van der Waals surface area contributed by atoms with Gasteiger partial charge in [-0.05, 0) is 80.9 Å². The summed E-state index contributed by atoms with van der Waals surface area (Å²) in [5, 5.41) is 4.60. The zero-order chi connectivity index (χ0) is 26.5. The smallest absolute Gasteiger partial charge is 0.149 e. The zero-order valence-electron chi connectivity index (χ0n) is 22.6. The van der Waals surface area contributed by atoms with E-state index in [4.69, 9.17) is 19.2 Å². The van der Waals surface area contributed by atoms with Gasteiger partial charge in [0.05, 0.1) is 18.8 Å². The summed E-state index contributed by atoms with van der Waals surface area (Å²) in [7, 11) is 2.01. The monoisotopic (exact) mass is 532 g/mol. The first-order valence-electron chi connectivity index (χ1n) is 13.0. The lowest BCUT2D eigenvalue weighted by Crippen LogP contribution is -2.36. The third kappa shape index (κ3) is 6.82. The van der Waals surface area contributed by atoms with Crippen LogP contribution in [0.1, 0.15) is 20.8 Å². The molecule has 5 rings (SSSR count). The van der Waals surface area contributed by atoms with Crippen molar-refractivity contribution in [1.29, 1.82) is 0 Å². The highest BCUT2D eigenvalue weighted by Gasteiger charge is 2.12. The Morgan fingerprint density at radius 1 is 1.00 bits per heavy atom. The van der Waals surface area contributed by atoms with Crippen molar-refractivity contribution in [2.75, 3.05) is 62.0 Å². The number of hydrogen-bond donors (Lipinski definition) is 1. The summed E-state index contributed by atoms with van der Waals surface area (Å²) in [5.74, 6) is 0.845. The van der Waals surface area contributed by atoms with E-state index in [1.807, 2.05) is 33.9 Å². The standard InChI is InChI=1S/C30H36N4O3S/c1-30(2,3)37-21-36-20-33(4)25-10-5-22(6-11-25)27-19-23-7-14-28(32-29(23)38-27)31-24-8-12-26(13-9-24)34-15-17-35-18-16-34/h5-14,19H,15-18,20-21H2,1-4H3,(H,31,32). The van der Waals surface area contributed by atoms with Crippen LogP contribution in [0.2, 0.25) is 0 Å². The van der Waals surface area contributed by atoms with Gasteiger partial charge in [-0.15, -0.1) is 11.3 Å². The van der Waals surface area contributed by atoms with Crippen molar-refractivity contribution < 1.29 is 14.2 Å². The number of thiophene rings is 1. The van der Waals surface area contributed by atoms with Gasteiger partial charge in [-0.2, -0.15) is 0 Å². The Morgan fingerprint density at radius 3 is 2.45 bits per heavy atom. The van der Waals surface area contributed by atoms with Crippen LogP contribution in [-0.4, -0.2) is 57.5 Å². The Morgan fingerprint density at radius 2 is 1.74 bits per heavy atom. The van der Waals surface area contributed by atoms with E-state index in [-0.39, 0.29) is 12.4 Å². The molecular weight excluding hydrogens is 496 g/mol. The van der Waals surface area contributed by atoms with E-state index in [1.165, 1.54) is 16.1 Å². The summed E-state index contributed by atoms with van der Waals surface area (Å²) in [6.07, 6.45) is 0. The van der Waals surface area contributed by atoms with Gasteiger partial charge in [-0.1, -0.05) is 12.1 Å². The largest absolute Gasteiger partial charge is 0.378 e. The third-order valence-corrected chi connectivity index (χ3v) is 7.45. The number of fused-ring (bicyclic) bond motifs is 1. The Hall–Kier alpha value is -3.17. The average Bonchev–Trinajstić information content (AvgIpc) is 3.35. The van der Waals surface area contributed by atoms with Gasteiger partial charge in [-0.25, -0.2) is 4.98 Å². The minimum Gasteiger partial charge on any atom is -0.378 e. The minimum atomic E-state index is -0.203. The molecule has 3 heterocycles. The number of ether oxygens (including phenoxy) is 3. The highest BCUT2D eigenvalue weighted by atomic mass is 32.1. The van der Waals surface area contributed by atoms with Crippen LogP contribution in [0.4, 0.5) is 22.9 Å². The van der Waals surface area contributed by atoms with Crippen LogP contribution in [0, 0.1) is 0 Å². The number of nitrogens with one attached hydrogen (secondary N) is 1. The first-order valence-corrected chi connectivity index (χ1v) is 13.8. The molecule has 0 bridgehead atoms. The van der Waals surface area contributed by atoms with Gasteiger partial charge < -0.3 is 29.3 Å². The number of nitrogens with zero attached hydrogens (tertiary/aromatic N) is 3. The average molecular weight is 533 g/mol. The van der Waals surface area contributed by atoms with Gasteiger partial charge in [-0.3, -0.25) is 0 Å². The summed E-state index contributed by atoms with van der Waals surface area (Å²) in [4.78, 5) is 11.5. The molecule has 200 valence electrons. The molecular formula is C30H36N4O3S. The number of benzene rings is 2. The molecule has 0 spiro atoms. The molecule has 0 aliphatic carbocycles. The first-order chi connectivity index (χ1) is 18.3. The predicted octanol–water partition coefficient (Wildman–Crippen LogP) is 6.73. The van der Waals surface area contributed by atoms with Gasteiger partial charge in [0.25, 0.3) is 0 Å². The SMILES string of the molecule is CN(COCOC(C)(C)C)c1ccc(-c2cc3ccc(Nc4ccc(N5CCOCC5)cc4)nc3s2)cc1. The molecule has 1 aliphatic heterocycles. The molecule has 38 heavy (non-hydrogen) atoms. The fraction of sp³-hybridized carbons (Fsp3) is 0.367. The molecule has 1 fully saturated rings. The van der Waals surface area contributed by atoms with Crippen LogP contribution >= 0.6 is 11.3 Å². The lowest BCUT2D eigenvalue weighted by atomic mass is 10.1. The molecule has 2 aromatic carbocycles. The van der Waals surface area contributed by atoms with Crippen LogP contribution in [0.25, 0.3) is 20.7 Å². The molecule has 7 nitrogen and oxygen atoms in total. The quantitative estimate of drug-likeness (QED) is 0.190. The van der Waals surface area contributed by atoms with Crippen molar-refractivity contribution in [3.05, 3.63) is 66.7 Å². The number of aromatic nitrogens is 1. The fourth-order valence-electron chi connectivity index (χ4n) is 4.20. The second-order valence-corrected chi connectivity index (χ2v) is 11.5. The lowest BCUT2D eigenvalue weighted by Gasteiger charge is -2.28. The van der Waals surface area contributed by atoms with Crippen molar-refractivity contribution >= 4 is 44.4 Å². The summed E-state index contributed by atoms with van der Waals surface area (Å²) in [5.41, 5.74) is 4.32. The number of hydrogen-bond acceptors (Lipinski definition) is 8. The lowest BCUT2D eigenvalue weighted by molar-refractivity contribution is -0.119. The molecule has 1 N–H and O–H groups in total. The predicted molar refractivity (Wildman–Crippen MR) is 158 cm³/mol. The fourth-order valence-corrected chi connectivity index (χ4v) is 5.24. The van der Waals surface area contributed by atoms with Crippen LogP contribution in [0.5, 0.6) is 0 Å². The zero-order valence-corrected chi connectivity index (χ0v) is 23.4. The topological polar surface area (TPSA) is 59.1 Å². The van der Waals surface area contributed by atoms with Crippen LogP contribution in [-0.2, 0) is 14.2 Å². The van der Waals surface area contributed by atoms with E-state index >= 15 is 0 Å². The van der Waals surface area contributed by atoms with E-state index < -0.39 is 0 Å². The highest BCUT2D eigenvalue weighted by Crippen LogP contribution is 2.34. The minimum absolute atomic E-state index is 0.203. The van der Waals surface area contributed by atoms with Crippen LogP contribution < -0.4 is 15.1 Å². The van der Waals surface area contributed by atoms with Crippen molar-refractivity contribution in [2.45, 2.75) is 26.4 Å². The van der Waals surface area contributed by atoms with Gasteiger partial charge >= 0.3 is 0 Å². The van der Waals surface area contributed by atoms with E-state index in [0.29, 0.717) is 6.73 Å². The highest BCUT2D eigenvalue weighted by molar-refractivity contribution is 7.21. The van der Waals surface area contributed by atoms with Crippen molar-refractivity contribution in [3.63, 3.8) is 0 Å². The summed E-state index contributed by atoms with van der Waals surface area (Å²) in [6.45, 7) is 10.2. The number of anilines is 4. The molecule has 4 aromatic rings. The molecule has 0 radical (unpaired) electrons. The molecule has 0 atom stereocenters. The molecule has 1 saturated heterocycles. The Bertz CT molecular complexity index is 1330. The van der Waals surface area contributed by atoms with Crippen molar-refractivity contribution in [2.24, 2.45) is 0 Å². The Kier molecular flexibility index (Phi) is 8.14. The van der Waals surface area contributed by atoms with E-state index in [0.717, 1.165) is 53.7 Å². The summed E-state index contributed by atoms with van der Waals surface area (Å²) >= 11 is 1.71. The molecule has 2 aromatic heterocycles. The normalized spacial score (nSPS) is 14.2. The Labute approximate surface area is 229 Å². The summed E-state index contributed by atoms with van der Waals surface area (Å²) < 4.78 is 16.7. The molecule has 0 saturated carbocycles. The number of pyridine rings is 1. The van der Waals surface area contributed by atoms with Crippen LogP contribution in [0.3, 0.4) is 0 Å². The maximum Gasteiger partial charge on any atom is 0.149 e. The second-order valence-electron chi connectivity index (χ2n) is 10.4. The van der Waals surface area contributed by atoms with Crippen molar-refractivity contribution in [3.8, 4) is 10.4 Å². The number of rotatable bonds is 9. The van der Waals surface area contributed by atoms with Crippen LogP contribution in [0.15, 0.2) is 66.7 Å².